The third-order valence-corrected chi connectivity index (χ3v) is 5.24. The molecule has 0 fully saturated rings. The third kappa shape index (κ3) is 8.94. The summed E-state index contributed by atoms with van der Waals surface area (Å²) in [5.41, 5.74) is 7.24. The minimum Gasteiger partial charge on any atom is -0.480 e. The average Bonchev–Trinajstić information content (AvgIpc) is 3.48. The summed E-state index contributed by atoms with van der Waals surface area (Å²) in [6, 6.07) is -2.95. The fourth-order valence-corrected chi connectivity index (χ4v) is 3.36. The largest absolute Gasteiger partial charge is 0.480 e. The van der Waals surface area contributed by atoms with Crippen molar-refractivity contribution >= 4 is 35.5 Å². The lowest BCUT2D eigenvalue weighted by Crippen LogP contribution is -2.57. The van der Waals surface area contributed by atoms with E-state index >= 15 is 0 Å². The molecule has 0 spiro atoms. The predicted octanol–water partition coefficient (Wildman–Crippen LogP) is -1.83. The summed E-state index contributed by atoms with van der Waals surface area (Å²) in [5.74, 6) is -2.43. The number of aliphatic carboxylic acids is 1. The highest BCUT2D eigenvalue weighted by Crippen LogP contribution is 2.05. The van der Waals surface area contributed by atoms with Crippen LogP contribution in [0.4, 0.5) is 0 Å². The van der Waals surface area contributed by atoms with E-state index in [0.717, 1.165) is 0 Å². The molecule has 2 rings (SSSR count). The second kappa shape index (κ2) is 13.2. The van der Waals surface area contributed by atoms with Crippen LogP contribution in [0.15, 0.2) is 25.0 Å². The molecule has 3 atom stereocenters. The first-order valence-corrected chi connectivity index (χ1v) is 11.5. The number of thioether (sulfide) groups is 1. The first kappa shape index (κ1) is 25.9. The molecule has 180 valence electrons. The van der Waals surface area contributed by atoms with Gasteiger partial charge in [0.1, 0.15) is 18.6 Å². The number of carboxylic acid groups (broad SMARTS) is 1. The van der Waals surface area contributed by atoms with Gasteiger partial charge in [-0.05, 0) is 18.4 Å². The molecule has 0 saturated carbocycles. The van der Waals surface area contributed by atoms with Gasteiger partial charge in [-0.25, -0.2) is 9.97 Å². The van der Waals surface area contributed by atoms with Crippen molar-refractivity contribution in [2.45, 2.75) is 37.4 Å². The van der Waals surface area contributed by atoms with Crippen molar-refractivity contribution in [3.8, 4) is 0 Å². The van der Waals surface area contributed by atoms with Crippen LogP contribution in [0.3, 0.4) is 0 Å². The summed E-state index contributed by atoms with van der Waals surface area (Å²) in [7, 11) is 0. The molecule has 0 aliphatic rings. The van der Waals surface area contributed by atoms with Crippen LogP contribution in [-0.4, -0.2) is 85.4 Å². The van der Waals surface area contributed by atoms with Crippen LogP contribution < -0.4 is 21.7 Å². The van der Waals surface area contributed by atoms with Gasteiger partial charge >= 0.3 is 5.97 Å². The maximum atomic E-state index is 13.0. The standard InChI is InChI=1S/C19H28N8O5S/c1-33-3-2-14(18(31)23-8-16(28)29)26-19(32)15(5-12-7-22-10-25-12)27-17(30)13(20)4-11-6-21-9-24-11/h6-7,9-10,13-15H,2-5,8,20H2,1H3,(H,21,24)(H,22,25)(H,23,31)(H,26,32)(H,27,30)(H,28,29). The van der Waals surface area contributed by atoms with E-state index in [2.05, 4.69) is 35.9 Å². The Morgan fingerprint density at radius 1 is 1.00 bits per heavy atom. The molecule has 0 aliphatic heterocycles. The zero-order valence-corrected chi connectivity index (χ0v) is 18.9. The van der Waals surface area contributed by atoms with Gasteiger partial charge in [-0.1, -0.05) is 0 Å². The molecule has 3 amide bonds. The van der Waals surface area contributed by atoms with Crippen LogP contribution in [0.5, 0.6) is 0 Å². The van der Waals surface area contributed by atoms with E-state index in [9.17, 15) is 19.2 Å². The van der Waals surface area contributed by atoms with Crippen LogP contribution >= 0.6 is 11.8 Å². The number of nitrogens with zero attached hydrogens (tertiary/aromatic N) is 2. The number of H-pyrrole nitrogens is 2. The molecule has 3 unspecified atom stereocenters. The number of carbonyl (C=O) groups is 4. The second-order valence-electron chi connectivity index (χ2n) is 7.18. The van der Waals surface area contributed by atoms with E-state index in [1.807, 2.05) is 6.26 Å². The van der Waals surface area contributed by atoms with Crippen molar-refractivity contribution < 1.29 is 24.3 Å². The van der Waals surface area contributed by atoms with E-state index in [-0.39, 0.29) is 19.3 Å². The average molecular weight is 481 g/mol. The highest BCUT2D eigenvalue weighted by molar-refractivity contribution is 7.98. The number of amides is 3. The maximum Gasteiger partial charge on any atom is 0.322 e. The van der Waals surface area contributed by atoms with Gasteiger partial charge < -0.3 is 36.8 Å². The van der Waals surface area contributed by atoms with Crippen molar-refractivity contribution in [1.82, 2.24) is 35.9 Å². The molecule has 0 radical (unpaired) electrons. The number of imidazole rings is 2. The van der Waals surface area contributed by atoms with Crippen LogP contribution in [0, 0.1) is 0 Å². The molecule has 14 heteroatoms. The highest BCUT2D eigenvalue weighted by Gasteiger charge is 2.29. The lowest BCUT2D eigenvalue weighted by atomic mass is 10.1. The Labute approximate surface area is 194 Å². The van der Waals surface area contributed by atoms with Crippen LogP contribution in [-0.2, 0) is 32.0 Å². The zero-order chi connectivity index (χ0) is 24.2. The molecule has 0 saturated heterocycles. The molecule has 13 nitrogen and oxygen atoms in total. The number of nitrogens with one attached hydrogen (secondary N) is 5. The van der Waals surface area contributed by atoms with Gasteiger partial charge in [-0.3, -0.25) is 19.2 Å². The normalized spacial score (nSPS) is 13.5. The van der Waals surface area contributed by atoms with Gasteiger partial charge in [0.2, 0.25) is 17.7 Å². The smallest absolute Gasteiger partial charge is 0.322 e. The van der Waals surface area contributed by atoms with E-state index in [4.69, 9.17) is 10.8 Å². The molecule has 2 aromatic heterocycles. The Bertz CT molecular complexity index is 905. The summed E-state index contributed by atoms with van der Waals surface area (Å²) in [5, 5.41) is 16.3. The Morgan fingerprint density at radius 2 is 1.61 bits per heavy atom. The lowest BCUT2D eigenvalue weighted by molar-refractivity contribution is -0.138. The summed E-state index contributed by atoms with van der Waals surface area (Å²) in [4.78, 5) is 62.4. The summed E-state index contributed by atoms with van der Waals surface area (Å²) < 4.78 is 0. The Balaban J connectivity index is 2.09. The molecule has 33 heavy (non-hydrogen) atoms. The number of carboxylic acids is 1. The summed E-state index contributed by atoms with van der Waals surface area (Å²) >= 11 is 1.47. The number of aromatic nitrogens is 4. The van der Waals surface area contributed by atoms with Crippen LogP contribution in [0.2, 0.25) is 0 Å². The minimum absolute atomic E-state index is 0.0837. The number of hydrogen-bond donors (Lipinski definition) is 7. The topological polar surface area (TPSA) is 208 Å². The predicted molar refractivity (Wildman–Crippen MR) is 120 cm³/mol. The first-order valence-electron chi connectivity index (χ1n) is 10.1. The summed E-state index contributed by atoms with van der Waals surface area (Å²) in [6.07, 6.45) is 8.38. The van der Waals surface area contributed by atoms with Gasteiger partial charge in [0.25, 0.3) is 0 Å². The van der Waals surface area contributed by atoms with Crippen LogP contribution in [0.25, 0.3) is 0 Å². The van der Waals surface area contributed by atoms with Crippen molar-refractivity contribution in [3.63, 3.8) is 0 Å². The number of aromatic amines is 2. The van der Waals surface area contributed by atoms with E-state index in [1.165, 1.54) is 30.6 Å². The van der Waals surface area contributed by atoms with Crippen molar-refractivity contribution in [2.24, 2.45) is 5.73 Å². The lowest BCUT2D eigenvalue weighted by Gasteiger charge is -2.23. The molecule has 2 heterocycles. The molecular formula is C19H28N8O5S. The van der Waals surface area contributed by atoms with Gasteiger partial charge in [0, 0.05) is 36.6 Å². The molecule has 8 N–H and O–H groups in total. The molecule has 2 aromatic rings. The quantitative estimate of drug-likeness (QED) is 0.162. The summed E-state index contributed by atoms with van der Waals surface area (Å²) in [6.45, 7) is -0.568. The molecular weight excluding hydrogens is 452 g/mol. The fourth-order valence-electron chi connectivity index (χ4n) is 2.89. The van der Waals surface area contributed by atoms with Gasteiger partial charge in [0.05, 0.1) is 18.7 Å². The van der Waals surface area contributed by atoms with Gasteiger partial charge in [-0.15, -0.1) is 0 Å². The third-order valence-electron chi connectivity index (χ3n) is 4.60. The van der Waals surface area contributed by atoms with Gasteiger partial charge in [0.15, 0.2) is 0 Å². The van der Waals surface area contributed by atoms with Crippen LogP contribution in [0.1, 0.15) is 17.8 Å². The zero-order valence-electron chi connectivity index (χ0n) is 18.0. The van der Waals surface area contributed by atoms with E-state index in [1.54, 1.807) is 6.20 Å². The Kier molecular flexibility index (Phi) is 10.4. The number of rotatable bonds is 14. The molecule has 0 aliphatic carbocycles. The van der Waals surface area contributed by atoms with E-state index < -0.39 is 48.4 Å². The second-order valence-corrected chi connectivity index (χ2v) is 8.17. The van der Waals surface area contributed by atoms with Crippen molar-refractivity contribution in [2.75, 3.05) is 18.6 Å². The first-order chi connectivity index (χ1) is 15.8. The maximum absolute atomic E-state index is 13.0. The van der Waals surface area contributed by atoms with Crippen molar-refractivity contribution in [1.29, 1.82) is 0 Å². The fraction of sp³-hybridized carbons (Fsp3) is 0.474. The highest BCUT2D eigenvalue weighted by atomic mass is 32.2. The Hall–Kier alpha value is -3.39. The molecule has 0 bridgehead atoms. The number of hydrogen-bond acceptors (Lipinski definition) is 8. The van der Waals surface area contributed by atoms with Gasteiger partial charge in [-0.2, -0.15) is 11.8 Å². The number of carbonyl (C=O) groups excluding carboxylic acids is 3. The van der Waals surface area contributed by atoms with E-state index in [0.29, 0.717) is 17.1 Å². The van der Waals surface area contributed by atoms with Crippen molar-refractivity contribution in [3.05, 3.63) is 36.4 Å². The monoisotopic (exact) mass is 480 g/mol. The minimum atomic E-state index is -1.20. The molecule has 0 aromatic carbocycles. The SMILES string of the molecule is CSCCC(NC(=O)C(Cc1cnc[nH]1)NC(=O)C(N)Cc1cnc[nH]1)C(=O)NCC(=O)O. The Morgan fingerprint density at radius 3 is 2.15 bits per heavy atom. The number of nitrogens with two attached hydrogens (primary N) is 1.